The maximum atomic E-state index is 6.15. The van der Waals surface area contributed by atoms with Crippen LogP contribution in [0, 0.1) is 18.8 Å². The summed E-state index contributed by atoms with van der Waals surface area (Å²) in [6.07, 6.45) is 0.622. The van der Waals surface area contributed by atoms with Crippen molar-refractivity contribution in [3.05, 3.63) is 107 Å². The highest BCUT2D eigenvalue weighted by Gasteiger charge is 2.26. The third-order valence-electron chi connectivity index (χ3n) is 5.96. The lowest BCUT2D eigenvalue weighted by molar-refractivity contribution is 0.0977. The summed E-state index contributed by atoms with van der Waals surface area (Å²) in [7, 11) is 0. The molecule has 0 saturated carbocycles. The average Bonchev–Trinajstić information content (AvgIpc) is 2.86. The summed E-state index contributed by atoms with van der Waals surface area (Å²) in [6, 6.07) is 27.2. The molecule has 1 heterocycles. The van der Waals surface area contributed by atoms with Gasteiger partial charge in [0.05, 0.1) is 6.04 Å². The minimum atomic E-state index is 0.243. The van der Waals surface area contributed by atoms with E-state index in [4.69, 9.17) is 16.3 Å². The van der Waals surface area contributed by atoms with Gasteiger partial charge in [-0.1, -0.05) is 65.9 Å². The number of hydrogen-bond donors (Lipinski definition) is 0. The Morgan fingerprint density at radius 2 is 1.52 bits per heavy atom. The van der Waals surface area contributed by atoms with Gasteiger partial charge in [-0.15, -0.1) is 0 Å². The van der Waals surface area contributed by atoms with Crippen molar-refractivity contribution >= 4 is 11.6 Å². The minimum absolute atomic E-state index is 0.243. The molecule has 1 atom stereocenters. The van der Waals surface area contributed by atoms with Crippen molar-refractivity contribution in [1.82, 2.24) is 9.80 Å². The molecule has 0 aromatic heterocycles. The van der Waals surface area contributed by atoms with Gasteiger partial charge in [0.15, 0.2) is 0 Å². The first-order valence-electron chi connectivity index (χ1n) is 11.5. The van der Waals surface area contributed by atoms with E-state index in [0.717, 1.165) is 49.1 Å². The molecule has 1 fully saturated rings. The molecule has 33 heavy (non-hydrogen) atoms. The van der Waals surface area contributed by atoms with Crippen LogP contribution in [0.1, 0.15) is 29.2 Å². The summed E-state index contributed by atoms with van der Waals surface area (Å²) in [5.74, 6) is 6.96. The molecule has 3 nitrogen and oxygen atoms in total. The number of rotatable bonds is 7. The lowest BCUT2D eigenvalue weighted by Gasteiger charge is -2.39. The molecule has 0 amide bonds. The van der Waals surface area contributed by atoms with E-state index in [1.807, 2.05) is 36.4 Å². The van der Waals surface area contributed by atoms with Gasteiger partial charge < -0.3 is 4.74 Å². The molecule has 169 valence electrons. The molecule has 1 aliphatic rings. The molecule has 0 bridgehead atoms. The van der Waals surface area contributed by atoms with Crippen molar-refractivity contribution < 1.29 is 4.74 Å². The van der Waals surface area contributed by atoms with Gasteiger partial charge in [-0.05, 0) is 54.4 Å². The average molecular weight is 458 g/mol. The molecular weight excluding hydrogens is 428 g/mol. The Balaban J connectivity index is 1.31. The molecule has 0 spiro atoms. The summed E-state index contributed by atoms with van der Waals surface area (Å²) in [5, 5.41) is 0.774. The van der Waals surface area contributed by atoms with Crippen LogP contribution in [-0.2, 0) is 0 Å². The Bertz CT molecular complexity index is 1050. The third kappa shape index (κ3) is 6.62. The topological polar surface area (TPSA) is 15.7 Å². The molecule has 1 aliphatic heterocycles. The SMILES string of the molecule is [CH2]CC#Cc1ccc(OCCN2CCN(C(c3ccccc3)c3ccc(Cl)cc3)CC2)cc1. The lowest BCUT2D eigenvalue weighted by Crippen LogP contribution is -2.48. The molecule has 4 rings (SSSR count). The van der Waals surface area contributed by atoms with Crippen molar-refractivity contribution in [2.45, 2.75) is 12.5 Å². The molecular formula is C29H30ClN2O. The molecule has 3 aromatic rings. The molecule has 4 heteroatoms. The van der Waals surface area contributed by atoms with Gasteiger partial charge in [0, 0.05) is 49.7 Å². The second kappa shape index (κ2) is 11.9. The zero-order valence-electron chi connectivity index (χ0n) is 18.9. The van der Waals surface area contributed by atoms with Crippen molar-refractivity contribution in [2.75, 3.05) is 39.3 Å². The Hall–Kier alpha value is -2.77. The summed E-state index contributed by atoms with van der Waals surface area (Å²) >= 11 is 6.15. The van der Waals surface area contributed by atoms with Crippen LogP contribution in [0.5, 0.6) is 5.75 Å². The van der Waals surface area contributed by atoms with E-state index >= 15 is 0 Å². The molecule has 1 saturated heterocycles. The summed E-state index contributed by atoms with van der Waals surface area (Å²) in [4.78, 5) is 5.05. The predicted molar refractivity (Wildman–Crippen MR) is 137 cm³/mol. The zero-order chi connectivity index (χ0) is 22.9. The van der Waals surface area contributed by atoms with Crippen LogP contribution >= 0.6 is 11.6 Å². The molecule has 3 aromatic carbocycles. The van der Waals surface area contributed by atoms with Gasteiger partial charge in [-0.2, -0.15) is 0 Å². The first kappa shape index (κ1) is 23.4. The Kier molecular flexibility index (Phi) is 8.44. The molecule has 0 aliphatic carbocycles. The van der Waals surface area contributed by atoms with Gasteiger partial charge in [0.1, 0.15) is 12.4 Å². The van der Waals surface area contributed by atoms with Gasteiger partial charge in [-0.25, -0.2) is 0 Å². The Labute approximate surface area is 202 Å². The zero-order valence-corrected chi connectivity index (χ0v) is 19.7. The van der Waals surface area contributed by atoms with Crippen LogP contribution < -0.4 is 4.74 Å². The third-order valence-corrected chi connectivity index (χ3v) is 6.21. The summed E-state index contributed by atoms with van der Waals surface area (Å²) < 4.78 is 5.96. The van der Waals surface area contributed by atoms with Crippen LogP contribution in [0.4, 0.5) is 0 Å². The maximum absolute atomic E-state index is 6.15. The van der Waals surface area contributed by atoms with E-state index in [9.17, 15) is 0 Å². The van der Waals surface area contributed by atoms with E-state index in [1.165, 1.54) is 11.1 Å². The fraction of sp³-hybridized carbons (Fsp3) is 0.276. The van der Waals surface area contributed by atoms with Crippen molar-refractivity contribution in [2.24, 2.45) is 0 Å². The number of ether oxygens (including phenoxy) is 1. The van der Waals surface area contributed by atoms with Crippen molar-refractivity contribution in [3.63, 3.8) is 0 Å². The highest BCUT2D eigenvalue weighted by Crippen LogP contribution is 2.30. The molecule has 1 unspecified atom stereocenters. The number of benzene rings is 3. The van der Waals surface area contributed by atoms with Crippen molar-refractivity contribution in [3.8, 4) is 17.6 Å². The monoisotopic (exact) mass is 457 g/mol. The largest absolute Gasteiger partial charge is 0.492 e. The van der Waals surface area contributed by atoms with E-state index in [0.29, 0.717) is 13.0 Å². The summed E-state index contributed by atoms with van der Waals surface area (Å²) in [5.41, 5.74) is 3.60. The van der Waals surface area contributed by atoms with Crippen LogP contribution in [0.2, 0.25) is 5.02 Å². The maximum Gasteiger partial charge on any atom is 0.119 e. The van der Waals surface area contributed by atoms with E-state index in [2.05, 4.69) is 71.0 Å². The Morgan fingerprint density at radius 3 is 2.18 bits per heavy atom. The van der Waals surface area contributed by atoms with E-state index in [1.54, 1.807) is 0 Å². The number of halogens is 1. The standard InChI is InChI=1S/C29H30ClN2O/c1-2-3-7-24-10-16-28(17-11-24)33-23-22-31-18-20-32(21-19-31)29(25-8-5-4-6-9-25)26-12-14-27(30)15-13-26/h4-6,8-17,29H,1-2,18-23H2. The van der Waals surface area contributed by atoms with Gasteiger partial charge in [0.25, 0.3) is 0 Å². The quantitative estimate of drug-likeness (QED) is 0.423. The second-order valence-electron chi connectivity index (χ2n) is 8.17. The Morgan fingerprint density at radius 1 is 0.848 bits per heavy atom. The normalized spacial score (nSPS) is 15.5. The van der Waals surface area contributed by atoms with Gasteiger partial charge in [-0.3, -0.25) is 9.80 Å². The number of nitrogens with zero attached hydrogens (tertiary/aromatic N) is 2. The molecule has 0 N–H and O–H groups in total. The minimum Gasteiger partial charge on any atom is -0.492 e. The smallest absolute Gasteiger partial charge is 0.119 e. The van der Waals surface area contributed by atoms with Crippen LogP contribution in [-0.4, -0.2) is 49.1 Å². The highest BCUT2D eigenvalue weighted by atomic mass is 35.5. The van der Waals surface area contributed by atoms with Crippen LogP contribution in [0.15, 0.2) is 78.9 Å². The highest BCUT2D eigenvalue weighted by molar-refractivity contribution is 6.30. The first-order valence-corrected chi connectivity index (χ1v) is 11.9. The number of hydrogen-bond acceptors (Lipinski definition) is 3. The molecule has 1 radical (unpaired) electrons. The fourth-order valence-corrected chi connectivity index (χ4v) is 4.36. The second-order valence-corrected chi connectivity index (χ2v) is 8.60. The lowest BCUT2D eigenvalue weighted by atomic mass is 9.96. The van der Waals surface area contributed by atoms with Crippen LogP contribution in [0.3, 0.4) is 0 Å². The first-order chi connectivity index (χ1) is 16.2. The van der Waals surface area contributed by atoms with E-state index in [-0.39, 0.29) is 6.04 Å². The fourth-order valence-electron chi connectivity index (χ4n) is 4.23. The summed E-state index contributed by atoms with van der Waals surface area (Å²) in [6.45, 7) is 9.44. The van der Waals surface area contributed by atoms with Gasteiger partial charge in [0.2, 0.25) is 0 Å². The van der Waals surface area contributed by atoms with Crippen LogP contribution in [0.25, 0.3) is 0 Å². The predicted octanol–water partition coefficient (Wildman–Crippen LogP) is 5.70. The van der Waals surface area contributed by atoms with Crippen molar-refractivity contribution in [1.29, 1.82) is 0 Å². The van der Waals surface area contributed by atoms with E-state index < -0.39 is 0 Å². The number of piperazine rings is 1. The van der Waals surface area contributed by atoms with Gasteiger partial charge >= 0.3 is 0 Å².